The molecule has 0 N–H and O–H groups in total. The van der Waals surface area contributed by atoms with Gasteiger partial charge in [-0.25, -0.2) is 0 Å². The van der Waals surface area contributed by atoms with Crippen molar-refractivity contribution in [3.8, 4) is 11.5 Å². The number of carbonyl (C=O) groups is 2. The van der Waals surface area contributed by atoms with Crippen molar-refractivity contribution < 1.29 is 27.8 Å². The Bertz CT molecular complexity index is 770. The molecule has 2 amide bonds. The molecule has 1 aliphatic carbocycles. The minimum Gasteiger partial charge on any atom is -0.493 e. The van der Waals surface area contributed by atoms with Gasteiger partial charge in [-0.2, -0.15) is 8.78 Å². The van der Waals surface area contributed by atoms with Gasteiger partial charge in [-0.3, -0.25) is 9.59 Å². The predicted molar refractivity (Wildman–Crippen MR) is 108 cm³/mol. The first-order chi connectivity index (χ1) is 14.5. The van der Waals surface area contributed by atoms with Crippen LogP contribution < -0.4 is 9.47 Å². The molecule has 1 aromatic carbocycles. The summed E-state index contributed by atoms with van der Waals surface area (Å²) >= 11 is 0. The van der Waals surface area contributed by atoms with Crippen molar-refractivity contribution in [3.63, 3.8) is 0 Å². The molecule has 0 bridgehead atoms. The van der Waals surface area contributed by atoms with E-state index in [-0.39, 0.29) is 23.3 Å². The molecule has 164 valence electrons. The Labute approximate surface area is 175 Å². The van der Waals surface area contributed by atoms with Crippen LogP contribution in [-0.2, 0) is 9.59 Å². The molecule has 1 saturated heterocycles. The largest absolute Gasteiger partial charge is 0.493 e. The number of piperazine rings is 1. The number of ether oxygens (including phenoxy) is 2. The third-order valence-corrected chi connectivity index (χ3v) is 5.70. The second-order valence-electron chi connectivity index (χ2n) is 7.68. The summed E-state index contributed by atoms with van der Waals surface area (Å²) in [4.78, 5) is 28.5. The van der Waals surface area contributed by atoms with Gasteiger partial charge in [-0.15, -0.1) is 0 Å². The van der Waals surface area contributed by atoms with E-state index in [1.807, 2.05) is 4.90 Å². The average molecular weight is 422 g/mol. The number of halogens is 2. The summed E-state index contributed by atoms with van der Waals surface area (Å²) < 4.78 is 34.3. The van der Waals surface area contributed by atoms with E-state index in [4.69, 9.17) is 4.74 Å². The van der Waals surface area contributed by atoms with Gasteiger partial charge in [-0.05, 0) is 42.5 Å². The zero-order chi connectivity index (χ0) is 21.5. The Hall–Kier alpha value is -2.64. The van der Waals surface area contributed by atoms with Crippen molar-refractivity contribution >= 4 is 17.9 Å². The number of hydrogen-bond acceptors (Lipinski definition) is 4. The van der Waals surface area contributed by atoms with E-state index in [9.17, 15) is 18.4 Å². The summed E-state index contributed by atoms with van der Waals surface area (Å²) in [7, 11) is 1.36. The Morgan fingerprint density at radius 2 is 1.77 bits per heavy atom. The first kappa shape index (κ1) is 22.1. The molecular formula is C22H28F2N2O4. The van der Waals surface area contributed by atoms with E-state index in [1.54, 1.807) is 17.0 Å². The predicted octanol–water partition coefficient (Wildman–Crippen LogP) is 3.56. The van der Waals surface area contributed by atoms with E-state index in [2.05, 4.69) is 4.74 Å². The molecule has 0 unspecified atom stereocenters. The monoisotopic (exact) mass is 422 g/mol. The summed E-state index contributed by atoms with van der Waals surface area (Å²) in [5.41, 5.74) is 0.632. The number of amides is 2. The van der Waals surface area contributed by atoms with Crippen molar-refractivity contribution in [2.75, 3.05) is 33.3 Å². The molecule has 1 aromatic rings. The SMILES string of the molecule is COc1cc(/C=C/C(=O)N2CCN(C(=O)CC3CCCC3)CC2)ccc1OC(F)F. The number of methoxy groups -OCH3 is 1. The lowest BCUT2D eigenvalue weighted by atomic mass is 10.0. The number of hydrogen-bond donors (Lipinski definition) is 0. The standard InChI is InChI=1S/C22H28F2N2O4/c1-29-19-14-17(6-8-18(19)30-22(23)24)7-9-20(27)25-10-12-26(13-11-25)21(28)15-16-4-2-3-5-16/h6-9,14,16,22H,2-5,10-13,15H2,1H3/b9-7+. The molecule has 0 atom stereocenters. The molecule has 0 spiro atoms. The van der Waals surface area contributed by atoms with Crippen LogP contribution in [0.15, 0.2) is 24.3 Å². The minimum atomic E-state index is -2.94. The Morgan fingerprint density at radius 3 is 2.40 bits per heavy atom. The smallest absolute Gasteiger partial charge is 0.387 e. The van der Waals surface area contributed by atoms with Crippen molar-refractivity contribution in [1.82, 2.24) is 9.80 Å². The summed E-state index contributed by atoms with van der Waals surface area (Å²) in [6, 6.07) is 4.48. The first-order valence-electron chi connectivity index (χ1n) is 10.3. The average Bonchev–Trinajstić information content (AvgIpc) is 3.25. The molecule has 1 aliphatic heterocycles. The number of alkyl halides is 2. The quantitative estimate of drug-likeness (QED) is 0.631. The molecule has 0 radical (unpaired) electrons. The van der Waals surface area contributed by atoms with Gasteiger partial charge in [0.25, 0.3) is 0 Å². The third-order valence-electron chi connectivity index (χ3n) is 5.70. The molecule has 1 saturated carbocycles. The molecule has 0 aromatic heterocycles. The lowest BCUT2D eigenvalue weighted by Gasteiger charge is -2.34. The minimum absolute atomic E-state index is 0.0608. The van der Waals surface area contributed by atoms with E-state index in [0.717, 1.165) is 12.8 Å². The zero-order valence-corrected chi connectivity index (χ0v) is 17.2. The van der Waals surface area contributed by atoms with Gasteiger partial charge >= 0.3 is 6.61 Å². The van der Waals surface area contributed by atoms with Gasteiger partial charge in [-0.1, -0.05) is 18.9 Å². The van der Waals surface area contributed by atoms with Crippen LogP contribution in [0, 0.1) is 5.92 Å². The number of benzene rings is 1. The van der Waals surface area contributed by atoms with Crippen LogP contribution >= 0.6 is 0 Å². The maximum atomic E-state index is 12.5. The summed E-state index contributed by atoms with van der Waals surface area (Å²) in [6.45, 7) is -0.823. The van der Waals surface area contributed by atoms with E-state index < -0.39 is 6.61 Å². The third kappa shape index (κ3) is 5.93. The van der Waals surface area contributed by atoms with Crippen LogP contribution in [0.2, 0.25) is 0 Å². The highest BCUT2D eigenvalue weighted by Gasteiger charge is 2.26. The summed E-state index contributed by atoms with van der Waals surface area (Å²) in [5, 5.41) is 0. The van der Waals surface area contributed by atoms with Gasteiger partial charge in [0.1, 0.15) is 0 Å². The fourth-order valence-corrected chi connectivity index (χ4v) is 4.02. The van der Waals surface area contributed by atoms with Crippen LogP contribution in [0.4, 0.5) is 8.78 Å². The molecule has 6 nitrogen and oxygen atoms in total. The molecule has 1 heterocycles. The van der Waals surface area contributed by atoms with Gasteiger partial charge < -0.3 is 19.3 Å². The van der Waals surface area contributed by atoms with Crippen LogP contribution in [0.1, 0.15) is 37.7 Å². The molecule has 2 aliphatic rings. The Balaban J connectivity index is 1.50. The number of nitrogens with zero attached hydrogens (tertiary/aromatic N) is 2. The van der Waals surface area contributed by atoms with Crippen LogP contribution in [0.5, 0.6) is 11.5 Å². The van der Waals surface area contributed by atoms with Gasteiger partial charge in [0.2, 0.25) is 11.8 Å². The fourth-order valence-electron chi connectivity index (χ4n) is 4.02. The Kier molecular flexibility index (Phi) is 7.65. The molecule has 30 heavy (non-hydrogen) atoms. The number of carbonyl (C=O) groups excluding carboxylic acids is 2. The van der Waals surface area contributed by atoms with Crippen LogP contribution in [0.25, 0.3) is 6.08 Å². The van der Waals surface area contributed by atoms with Crippen LogP contribution in [-0.4, -0.2) is 61.5 Å². The number of rotatable bonds is 7. The topological polar surface area (TPSA) is 59.1 Å². The molecular weight excluding hydrogens is 394 g/mol. The fraction of sp³-hybridized carbons (Fsp3) is 0.545. The van der Waals surface area contributed by atoms with Crippen LogP contribution in [0.3, 0.4) is 0 Å². The first-order valence-corrected chi connectivity index (χ1v) is 10.3. The van der Waals surface area contributed by atoms with Crippen molar-refractivity contribution in [2.24, 2.45) is 5.92 Å². The second-order valence-corrected chi connectivity index (χ2v) is 7.68. The maximum Gasteiger partial charge on any atom is 0.387 e. The van der Waals surface area contributed by atoms with Gasteiger partial charge in [0.15, 0.2) is 11.5 Å². The van der Waals surface area contributed by atoms with E-state index in [0.29, 0.717) is 44.1 Å². The summed E-state index contributed by atoms with van der Waals surface area (Å²) in [5.74, 6) is 0.677. The molecule has 3 rings (SSSR count). The van der Waals surface area contributed by atoms with Gasteiger partial charge in [0, 0.05) is 38.7 Å². The molecule has 2 fully saturated rings. The lowest BCUT2D eigenvalue weighted by molar-refractivity contribution is -0.137. The second kappa shape index (κ2) is 10.4. The Morgan fingerprint density at radius 1 is 1.10 bits per heavy atom. The van der Waals surface area contributed by atoms with E-state index in [1.165, 1.54) is 38.2 Å². The normalized spacial score (nSPS) is 17.7. The molecule has 8 heteroatoms. The van der Waals surface area contributed by atoms with E-state index >= 15 is 0 Å². The highest BCUT2D eigenvalue weighted by molar-refractivity contribution is 5.92. The van der Waals surface area contributed by atoms with Crippen molar-refractivity contribution in [3.05, 3.63) is 29.8 Å². The maximum absolute atomic E-state index is 12.5. The zero-order valence-electron chi connectivity index (χ0n) is 17.2. The highest BCUT2D eigenvalue weighted by atomic mass is 19.3. The highest BCUT2D eigenvalue weighted by Crippen LogP contribution is 2.30. The lowest BCUT2D eigenvalue weighted by Crippen LogP contribution is -2.50. The summed E-state index contributed by atoms with van der Waals surface area (Å²) in [6.07, 6.45) is 8.42. The van der Waals surface area contributed by atoms with Crippen molar-refractivity contribution in [2.45, 2.75) is 38.7 Å². The van der Waals surface area contributed by atoms with Crippen molar-refractivity contribution in [1.29, 1.82) is 0 Å². The van der Waals surface area contributed by atoms with Gasteiger partial charge in [0.05, 0.1) is 7.11 Å².